The van der Waals surface area contributed by atoms with Gasteiger partial charge in [-0.25, -0.2) is 4.79 Å². The molecule has 152 valence electrons. The molecule has 0 spiro atoms. The molecule has 0 atom stereocenters. The number of aromatic nitrogens is 1. The summed E-state index contributed by atoms with van der Waals surface area (Å²) < 4.78 is 15.7. The number of nitrogens with one attached hydrogen (secondary N) is 1. The summed E-state index contributed by atoms with van der Waals surface area (Å²) in [7, 11) is 0. The van der Waals surface area contributed by atoms with Gasteiger partial charge in [0.2, 0.25) is 6.79 Å². The average molecular weight is 398 g/mol. The zero-order chi connectivity index (χ0) is 20.2. The first-order valence-corrected chi connectivity index (χ1v) is 9.48. The van der Waals surface area contributed by atoms with Gasteiger partial charge in [0.1, 0.15) is 5.69 Å². The zero-order valence-electron chi connectivity index (χ0n) is 16.1. The van der Waals surface area contributed by atoms with Gasteiger partial charge in [-0.15, -0.1) is 0 Å². The fourth-order valence-corrected chi connectivity index (χ4v) is 3.27. The van der Waals surface area contributed by atoms with Gasteiger partial charge >= 0.3 is 6.09 Å². The second kappa shape index (κ2) is 8.26. The molecule has 0 bridgehead atoms. The lowest BCUT2D eigenvalue weighted by molar-refractivity contribution is 0.102. The third kappa shape index (κ3) is 4.18. The number of carbonyl (C=O) groups is 2. The van der Waals surface area contributed by atoms with E-state index in [1.54, 1.807) is 42.3 Å². The van der Waals surface area contributed by atoms with Crippen molar-refractivity contribution in [3.8, 4) is 11.5 Å². The number of rotatable bonds is 4. The van der Waals surface area contributed by atoms with Crippen LogP contribution in [0.2, 0.25) is 0 Å². The Bertz CT molecular complexity index is 911. The van der Waals surface area contributed by atoms with Crippen LogP contribution in [0.1, 0.15) is 17.4 Å². The van der Waals surface area contributed by atoms with Crippen LogP contribution in [0.15, 0.2) is 36.5 Å². The summed E-state index contributed by atoms with van der Waals surface area (Å²) in [6, 6.07) is 8.84. The van der Waals surface area contributed by atoms with E-state index in [1.807, 2.05) is 6.07 Å². The Morgan fingerprint density at radius 1 is 1.10 bits per heavy atom. The Balaban J connectivity index is 1.40. The van der Waals surface area contributed by atoms with Crippen molar-refractivity contribution in [2.24, 2.45) is 0 Å². The molecule has 0 unspecified atom stereocenters. The Morgan fingerprint density at radius 2 is 1.90 bits per heavy atom. The summed E-state index contributed by atoms with van der Waals surface area (Å²) in [5, 5.41) is 2.83. The van der Waals surface area contributed by atoms with Gasteiger partial charge in [-0.1, -0.05) is 0 Å². The molecule has 29 heavy (non-hydrogen) atoms. The van der Waals surface area contributed by atoms with Crippen LogP contribution in [0.4, 0.5) is 16.2 Å². The molecule has 9 nitrogen and oxygen atoms in total. The number of carbonyl (C=O) groups excluding carboxylic acids is 2. The molecule has 2 amide bonds. The van der Waals surface area contributed by atoms with Gasteiger partial charge < -0.3 is 29.3 Å². The number of fused-ring (bicyclic) bond motifs is 1. The number of pyridine rings is 1. The first kappa shape index (κ1) is 18.9. The van der Waals surface area contributed by atoms with Crippen molar-refractivity contribution in [1.29, 1.82) is 0 Å². The Morgan fingerprint density at radius 3 is 2.69 bits per heavy atom. The molecule has 3 heterocycles. The Kier molecular flexibility index (Phi) is 5.37. The number of hydrogen-bond donors (Lipinski definition) is 1. The number of piperazine rings is 1. The van der Waals surface area contributed by atoms with Gasteiger partial charge in [0, 0.05) is 49.8 Å². The van der Waals surface area contributed by atoms with Crippen molar-refractivity contribution in [3.63, 3.8) is 0 Å². The van der Waals surface area contributed by atoms with E-state index in [0.29, 0.717) is 55.7 Å². The number of nitrogens with zero attached hydrogens (tertiary/aromatic N) is 3. The lowest BCUT2D eigenvalue weighted by atomic mass is 10.2. The minimum Gasteiger partial charge on any atom is -0.454 e. The molecule has 1 aromatic carbocycles. The topological polar surface area (TPSA) is 93.2 Å². The van der Waals surface area contributed by atoms with Gasteiger partial charge in [0.15, 0.2) is 11.5 Å². The number of amides is 2. The molecule has 1 saturated heterocycles. The highest BCUT2D eigenvalue weighted by Crippen LogP contribution is 2.34. The Labute approximate surface area is 168 Å². The zero-order valence-corrected chi connectivity index (χ0v) is 16.1. The summed E-state index contributed by atoms with van der Waals surface area (Å²) in [6.45, 7) is 4.80. The summed E-state index contributed by atoms with van der Waals surface area (Å²) in [6.07, 6.45) is 1.33. The molecule has 2 aliphatic rings. The van der Waals surface area contributed by atoms with Gasteiger partial charge in [-0.05, 0) is 31.2 Å². The molecule has 0 saturated carbocycles. The van der Waals surface area contributed by atoms with E-state index in [-0.39, 0.29) is 18.8 Å². The van der Waals surface area contributed by atoms with Crippen molar-refractivity contribution in [2.45, 2.75) is 6.92 Å². The molecular weight excluding hydrogens is 376 g/mol. The predicted octanol–water partition coefficient (Wildman–Crippen LogP) is 2.34. The third-order valence-electron chi connectivity index (χ3n) is 4.78. The lowest BCUT2D eigenvalue weighted by Crippen LogP contribution is -2.49. The van der Waals surface area contributed by atoms with Gasteiger partial charge in [0.25, 0.3) is 5.91 Å². The van der Waals surface area contributed by atoms with Crippen LogP contribution in [0.3, 0.4) is 0 Å². The van der Waals surface area contributed by atoms with Crippen LogP contribution in [-0.4, -0.2) is 61.5 Å². The minimum absolute atomic E-state index is 0.180. The first-order valence-electron chi connectivity index (χ1n) is 9.48. The van der Waals surface area contributed by atoms with Crippen molar-refractivity contribution < 1.29 is 23.8 Å². The van der Waals surface area contributed by atoms with Crippen LogP contribution in [-0.2, 0) is 4.74 Å². The smallest absolute Gasteiger partial charge is 0.409 e. The number of anilines is 2. The number of hydrogen-bond acceptors (Lipinski definition) is 7. The molecule has 2 aliphatic heterocycles. The van der Waals surface area contributed by atoms with Crippen LogP contribution >= 0.6 is 0 Å². The van der Waals surface area contributed by atoms with Crippen LogP contribution < -0.4 is 19.7 Å². The fraction of sp³-hybridized carbons (Fsp3) is 0.350. The van der Waals surface area contributed by atoms with E-state index in [0.717, 1.165) is 5.69 Å². The van der Waals surface area contributed by atoms with Crippen molar-refractivity contribution in [3.05, 3.63) is 42.2 Å². The molecule has 9 heteroatoms. The number of ether oxygens (including phenoxy) is 3. The highest BCUT2D eigenvalue weighted by molar-refractivity contribution is 6.03. The molecule has 4 rings (SSSR count). The van der Waals surface area contributed by atoms with Gasteiger partial charge in [0.05, 0.1) is 6.61 Å². The van der Waals surface area contributed by atoms with E-state index < -0.39 is 0 Å². The van der Waals surface area contributed by atoms with E-state index in [4.69, 9.17) is 14.2 Å². The summed E-state index contributed by atoms with van der Waals surface area (Å²) in [5.74, 6) is 0.949. The lowest BCUT2D eigenvalue weighted by Gasteiger charge is -2.35. The molecule has 1 aromatic heterocycles. The van der Waals surface area contributed by atoms with Gasteiger partial charge in [-0.3, -0.25) is 9.78 Å². The summed E-state index contributed by atoms with van der Waals surface area (Å²) in [4.78, 5) is 32.5. The Hall–Kier alpha value is -3.49. The maximum absolute atomic E-state index is 12.6. The minimum atomic E-state index is -0.309. The van der Waals surface area contributed by atoms with Gasteiger partial charge in [-0.2, -0.15) is 0 Å². The SMILES string of the molecule is CCOC(=O)N1CCN(c2ccnc(C(=O)Nc3ccc4c(c3)OCO4)c2)CC1. The molecule has 1 N–H and O–H groups in total. The normalized spacial score (nSPS) is 15.2. The monoisotopic (exact) mass is 398 g/mol. The maximum atomic E-state index is 12.6. The van der Waals surface area contributed by atoms with Crippen LogP contribution in [0.25, 0.3) is 0 Å². The largest absolute Gasteiger partial charge is 0.454 e. The standard InChI is InChI=1S/C20H22N4O5/c1-2-27-20(26)24-9-7-23(8-10-24)15-5-6-21-16(12-15)19(25)22-14-3-4-17-18(11-14)29-13-28-17/h3-6,11-12H,2,7-10,13H2,1H3,(H,22,25). The molecule has 0 radical (unpaired) electrons. The highest BCUT2D eigenvalue weighted by atomic mass is 16.7. The maximum Gasteiger partial charge on any atom is 0.409 e. The third-order valence-corrected chi connectivity index (χ3v) is 4.78. The highest BCUT2D eigenvalue weighted by Gasteiger charge is 2.23. The summed E-state index contributed by atoms with van der Waals surface area (Å²) >= 11 is 0. The second-order valence-corrected chi connectivity index (χ2v) is 6.59. The molecular formula is C20H22N4O5. The van der Waals surface area contributed by atoms with Crippen molar-refractivity contribution >= 4 is 23.4 Å². The van der Waals surface area contributed by atoms with Crippen molar-refractivity contribution in [1.82, 2.24) is 9.88 Å². The predicted molar refractivity (Wildman–Crippen MR) is 106 cm³/mol. The van der Waals surface area contributed by atoms with E-state index >= 15 is 0 Å². The average Bonchev–Trinajstić information content (AvgIpc) is 3.22. The van der Waals surface area contributed by atoms with Crippen molar-refractivity contribution in [2.75, 3.05) is 49.8 Å². The quantitative estimate of drug-likeness (QED) is 0.845. The molecule has 2 aromatic rings. The number of benzene rings is 1. The fourth-order valence-electron chi connectivity index (χ4n) is 3.27. The van der Waals surface area contributed by atoms with E-state index in [2.05, 4.69) is 15.2 Å². The summed E-state index contributed by atoms with van der Waals surface area (Å²) in [5.41, 5.74) is 1.81. The molecule has 1 fully saturated rings. The van der Waals surface area contributed by atoms with Crippen LogP contribution in [0, 0.1) is 0 Å². The van der Waals surface area contributed by atoms with E-state index in [1.165, 1.54) is 0 Å². The van der Waals surface area contributed by atoms with E-state index in [9.17, 15) is 9.59 Å². The second-order valence-electron chi connectivity index (χ2n) is 6.59. The molecule has 0 aliphatic carbocycles. The first-order chi connectivity index (χ1) is 14.1. The van der Waals surface area contributed by atoms with Crippen LogP contribution in [0.5, 0.6) is 11.5 Å².